The highest BCUT2D eigenvalue weighted by atomic mass is 35.5. The topological polar surface area (TPSA) is 68.3 Å². The van der Waals surface area contributed by atoms with Crippen molar-refractivity contribution in [3.63, 3.8) is 0 Å². The van der Waals surface area contributed by atoms with Crippen molar-refractivity contribution < 1.29 is 13.2 Å². The molecule has 0 bridgehead atoms. The second kappa shape index (κ2) is 5.01. The predicted octanol–water partition coefficient (Wildman–Crippen LogP) is 1.83. The molecule has 0 aliphatic heterocycles. The van der Waals surface area contributed by atoms with E-state index in [1.165, 1.54) is 12.3 Å². The first-order valence-corrected chi connectivity index (χ1v) is 7.81. The zero-order valence-electron chi connectivity index (χ0n) is 11.1. The highest BCUT2D eigenvalue weighted by molar-refractivity contribution is 7.89. The molecule has 2 unspecified atom stereocenters. The summed E-state index contributed by atoms with van der Waals surface area (Å²) in [5.74, 6) is 0. The standard InChI is InChI=1S/C12H17ClN2O3S/c1-12(2)9(7-10(12)18-3)15-19(16,17)8-5-4-6-14-11(8)13/h4-6,9-10,15H,7H2,1-3H3. The van der Waals surface area contributed by atoms with E-state index in [1.54, 1.807) is 13.2 Å². The van der Waals surface area contributed by atoms with Crippen LogP contribution in [0, 0.1) is 5.41 Å². The number of rotatable bonds is 4. The van der Waals surface area contributed by atoms with Gasteiger partial charge in [0.05, 0.1) is 6.10 Å². The molecule has 1 heterocycles. The van der Waals surface area contributed by atoms with E-state index in [-0.39, 0.29) is 27.6 Å². The lowest BCUT2D eigenvalue weighted by molar-refractivity contribution is -0.0908. The minimum atomic E-state index is -3.65. The quantitative estimate of drug-likeness (QED) is 0.862. The van der Waals surface area contributed by atoms with Crippen molar-refractivity contribution >= 4 is 21.6 Å². The van der Waals surface area contributed by atoms with Crippen molar-refractivity contribution in [3.8, 4) is 0 Å². The van der Waals surface area contributed by atoms with Gasteiger partial charge in [-0.1, -0.05) is 25.4 Å². The van der Waals surface area contributed by atoms with Crippen molar-refractivity contribution in [2.75, 3.05) is 7.11 Å². The maximum absolute atomic E-state index is 12.3. The molecule has 5 nitrogen and oxygen atoms in total. The fourth-order valence-electron chi connectivity index (χ4n) is 2.31. The minimum absolute atomic E-state index is 0.00772. The zero-order valence-corrected chi connectivity index (χ0v) is 12.6. The number of halogens is 1. The normalized spacial score (nSPS) is 25.9. The molecule has 0 aromatic carbocycles. The lowest BCUT2D eigenvalue weighted by Crippen LogP contribution is -2.61. The van der Waals surface area contributed by atoms with Crippen LogP contribution in [-0.2, 0) is 14.8 Å². The molecule has 0 spiro atoms. The number of aromatic nitrogens is 1. The van der Waals surface area contributed by atoms with Crippen LogP contribution in [0.25, 0.3) is 0 Å². The summed E-state index contributed by atoms with van der Waals surface area (Å²) in [6, 6.07) is 2.82. The van der Waals surface area contributed by atoms with E-state index in [0.29, 0.717) is 6.42 Å². The third-order valence-electron chi connectivity index (χ3n) is 3.77. The number of ether oxygens (including phenoxy) is 1. The van der Waals surface area contributed by atoms with Crippen LogP contribution in [0.3, 0.4) is 0 Å². The van der Waals surface area contributed by atoms with Crippen molar-refractivity contribution in [1.29, 1.82) is 0 Å². The third-order valence-corrected chi connectivity index (χ3v) is 5.69. The molecule has 19 heavy (non-hydrogen) atoms. The molecule has 0 radical (unpaired) electrons. The van der Waals surface area contributed by atoms with Crippen LogP contribution in [0.15, 0.2) is 23.2 Å². The third kappa shape index (κ3) is 2.63. The zero-order chi connectivity index (χ0) is 14.3. The summed E-state index contributed by atoms with van der Waals surface area (Å²) in [6.07, 6.45) is 2.17. The minimum Gasteiger partial charge on any atom is -0.381 e. The second-order valence-corrected chi connectivity index (χ2v) is 7.29. The van der Waals surface area contributed by atoms with Crippen LogP contribution in [0.2, 0.25) is 5.15 Å². The van der Waals surface area contributed by atoms with Gasteiger partial charge in [0.2, 0.25) is 10.0 Å². The average molecular weight is 305 g/mol. The van der Waals surface area contributed by atoms with Crippen LogP contribution in [0.5, 0.6) is 0 Å². The SMILES string of the molecule is COC1CC(NS(=O)(=O)c2cccnc2Cl)C1(C)C. The molecule has 1 aliphatic carbocycles. The molecule has 2 atom stereocenters. The molecule has 1 saturated carbocycles. The molecule has 2 rings (SSSR count). The first-order chi connectivity index (χ1) is 8.79. The number of hydrogen-bond acceptors (Lipinski definition) is 4. The van der Waals surface area contributed by atoms with Gasteiger partial charge in [0.25, 0.3) is 0 Å². The number of nitrogens with one attached hydrogen (secondary N) is 1. The summed E-state index contributed by atoms with van der Waals surface area (Å²) >= 11 is 5.83. The highest BCUT2D eigenvalue weighted by Gasteiger charge is 2.50. The van der Waals surface area contributed by atoms with E-state index in [9.17, 15) is 8.42 Å². The number of pyridine rings is 1. The Kier molecular flexibility index (Phi) is 3.88. The van der Waals surface area contributed by atoms with Gasteiger partial charge in [-0.15, -0.1) is 0 Å². The predicted molar refractivity (Wildman–Crippen MR) is 72.6 cm³/mol. The maximum atomic E-state index is 12.3. The van der Waals surface area contributed by atoms with Crippen LogP contribution in [0.1, 0.15) is 20.3 Å². The lowest BCUT2D eigenvalue weighted by atomic mass is 9.65. The molecular weight excluding hydrogens is 288 g/mol. The van der Waals surface area contributed by atoms with Gasteiger partial charge in [0.1, 0.15) is 10.0 Å². The Morgan fingerprint density at radius 3 is 2.74 bits per heavy atom. The Morgan fingerprint density at radius 2 is 2.21 bits per heavy atom. The fraction of sp³-hybridized carbons (Fsp3) is 0.583. The van der Waals surface area contributed by atoms with E-state index in [0.717, 1.165) is 0 Å². The molecule has 0 amide bonds. The lowest BCUT2D eigenvalue weighted by Gasteiger charge is -2.50. The molecule has 1 N–H and O–H groups in total. The Morgan fingerprint density at radius 1 is 1.53 bits per heavy atom. The number of hydrogen-bond donors (Lipinski definition) is 1. The Bertz CT molecular complexity index is 574. The van der Waals surface area contributed by atoms with E-state index in [4.69, 9.17) is 16.3 Å². The van der Waals surface area contributed by atoms with Gasteiger partial charge in [0, 0.05) is 24.8 Å². The monoisotopic (exact) mass is 304 g/mol. The molecule has 1 fully saturated rings. The van der Waals surface area contributed by atoms with Crippen LogP contribution >= 0.6 is 11.6 Å². The molecule has 1 aromatic heterocycles. The number of methoxy groups -OCH3 is 1. The Hall–Kier alpha value is -0.690. The Labute approximate surface area is 118 Å². The summed E-state index contributed by atoms with van der Waals surface area (Å²) in [4.78, 5) is 3.79. The number of sulfonamides is 1. The van der Waals surface area contributed by atoms with Crippen LogP contribution < -0.4 is 4.72 Å². The summed E-state index contributed by atoms with van der Waals surface area (Å²) in [5.41, 5.74) is -0.240. The fourth-order valence-corrected chi connectivity index (χ4v) is 4.17. The molecular formula is C12H17ClN2O3S. The summed E-state index contributed by atoms with van der Waals surface area (Å²) in [5, 5.41) is -0.0181. The van der Waals surface area contributed by atoms with Gasteiger partial charge in [-0.25, -0.2) is 18.1 Å². The van der Waals surface area contributed by atoms with E-state index >= 15 is 0 Å². The van der Waals surface area contributed by atoms with E-state index in [2.05, 4.69) is 9.71 Å². The first-order valence-electron chi connectivity index (χ1n) is 5.94. The van der Waals surface area contributed by atoms with Gasteiger partial charge < -0.3 is 4.74 Å². The van der Waals surface area contributed by atoms with E-state index in [1.807, 2.05) is 13.8 Å². The summed E-state index contributed by atoms with van der Waals surface area (Å²) in [6.45, 7) is 3.95. The van der Waals surface area contributed by atoms with E-state index < -0.39 is 10.0 Å². The molecule has 1 aliphatic rings. The summed E-state index contributed by atoms with van der Waals surface area (Å²) in [7, 11) is -2.02. The van der Waals surface area contributed by atoms with Crippen molar-refractivity contribution in [2.24, 2.45) is 5.41 Å². The molecule has 0 saturated heterocycles. The van der Waals surface area contributed by atoms with Crippen molar-refractivity contribution in [1.82, 2.24) is 9.71 Å². The number of nitrogens with zero attached hydrogens (tertiary/aromatic N) is 1. The summed E-state index contributed by atoms with van der Waals surface area (Å²) < 4.78 is 32.5. The van der Waals surface area contributed by atoms with Gasteiger partial charge in [-0.3, -0.25) is 0 Å². The Balaban J connectivity index is 2.19. The smallest absolute Gasteiger partial charge is 0.243 e. The maximum Gasteiger partial charge on any atom is 0.243 e. The van der Waals surface area contributed by atoms with Gasteiger partial charge in [-0.2, -0.15) is 0 Å². The van der Waals surface area contributed by atoms with Gasteiger partial charge in [-0.05, 0) is 18.6 Å². The average Bonchev–Trinajstić information content (AvgIpc) is 2.34. The molecule has 7 heteroatoms. The van der Waals surface area contributed by atoms with Crippen molar-refractivity contribution in [3.05, 3.63) is 23.5 Å². The largest absolute Gasteiger partial charge is 0.381 e. The van der Waals surface area contributed by atoms with Crippen molar-refractivity contribution in [2.45, 2.75) is 37.3 Å². The highest BCUT2D eigenvalue weighted by Crippen LogP contribution is 2.43. The first kappa shape index (κ1) is 14.7. The van der Waals surface area contributed by atoms with Gasteiger partial charge in [0.15, 0.2) is 0 Å². The second-order valence-electron chi connectivity index (χ2n) is 5.25. The van der Waals surface area contributed by atoms with Crippen LogP contribution in [-0.4, -0.2) is 32.7 Å². The molecule has 1 aromatic rings. The van der Waals surface area contributed by atoms with Crippen LogP contribution in [0.4, 0.5) is 0 Å². The van der Waals surface area contributed by atoms with Gasteiger partial charge >= 0.3 is 0 Å². The molecule has 106 valence electrons.